The maximum absolute atomic E-state index is 6.02. The van der Waals surface area contributed by atoms with Crippen molar-refractivity contribution in [2.24, 2.45) is 4.99 Å². The Morgan fingerprint density at radius 1 is 1.17 bits per heavy atom. The Morgan fingerprint density at radius 2 is 1.96 bits per heavy atom. The molecule has 0 saturated heterocycles. The third-order valence-corrected chi connectivity index (χ3v) is 4.93. The number of benzene rings is 2. The maximum atomic E-state index is 6.02. The number of rotatable bonds is 3. The van der Waals surface area contributed by atoms with Crippen molar-refractivity contribution in [1.82, 2.24) is 4.57 Å². The van der Waals surface area contributed by atoms with Gasteiger partial charge in [-0.25, -0.2) is 0 Å². The van der Waals surface area contributed by atoms with Crippen LogP contribution in [0, 0.1) is 0 Å². The molecule has 1 aliphatic rings. The third-order valence-electron chi connectivity index (χ3n) is 4.68. The van der Waals surface area contributed by atoms with Crippen molar-refractivity contribution in [3.05, 3.63) is 64.3 Å². The SMILES string of the molecule is COc1cccc2c1c1c(n2Cc2ccc(Cl)cc2)C(C)=NCC1. The normalized spacial score (nSPS) is 13.7. The molecule has 0 aliphatic carbocycles. The average Bonchev–Trinajstić information content (AvgIpc) is 2.92. The zero-order valence-electron chi connectivity index (χ0n) is 13.8. The maximum Gasteiger partial charge on any atom is 0.128 e. The molecule has 0 spiro atoms. The van der Waals surface area contributed by atoms with Gasteiger partial charge >= 0.3 is 0 Å². The van der Waals surface area contributed by atoms with Gasteiger partial charge in [-0.05, 0) is 48.7 Å². The van der Waals surface area contributed by atoms with Gasteiger partial charge < -0.3 is 9.30 Å². The average molecular weight is 339 g/mol. The molecule has 4 rings (SSSR count). The molecule has 2 heterocycles. The van der Waals surface area contributed by atoms with E-state index in [2.05, 4.69) is 40.7 Å². The first-order valence-electron chi connectivity index (χ1n) is 8.13. The van der Waals surface area contributed by atoms with Gasteiger partial charge in [-0.1, -0.05) is 29.8 Å². The van der Waals surface area contributed by atoms with E-state index in [9.17, 15) is 0 Å². The molecule has 1 aromatic heterocycles. The molecular formula is C20H19ClN2O. The second kappa shape index (κ2) is 5.99. The molecule has 122 valence electrons. The smallest absolute Gasteiger partial charge is 0.128 e. The van der Waals surface area contributed by atoms with Crippen LogP contribution >= 0.6 is 11.6 Å². The molecule has 0 radical (unpaired) electrons. The summed E-state index contributed by atoms with van der Waals surface area (Å²) in [5.41, 5.74) is 6.11. The minimum absolute atomic E-state index is 0.762. The highest BCUT2D eigenvalue weighted by Crippen LogP contribution is 2.36. The molecule has 0 saturated carbocycles. The molecule has 0 amide bonds. The van der Waals surface area contributed by atoms with Gasteiger partial charge in [0.05, 0.1) is 24.0 Å². The van der Waals surface area contributed by atoms with Crippen LogP contribution in [0.25, 0.3) is 10.9 Å². The summed E-state index contributed by atoms with van der Waals surface area (Å²) in [6, 6.07) is 14.3. The highest BCUT2D eigenvalue weighted by Gasteiger charge is 2.23. The first-order chi connectivity index (χ1) is 11.7. The Balaban J connectivity index is 1.96. The van der Waals surface area contributed by atoms with Crippen LogP contribution in [0.4, 0.5) is 0 Å². The van der Waals surface area contributed by atoms with E-state index in [4.69, 9.17) is 16.3 Å². The number of halogens is 1. The van der Waals surface area contributed by atoms with Crippen LogP contribution in [0.1, 0.15) is 23.7 Å². The van der Waals surface area contributed by atoms with Crippen LogP contribution in [-0.4, -0.2) is 23.9 Å². The number of hydrogen-bond acceptors (Lipinski definition) is 2. The highest BCUT2D eigenvalue weighted by atomic mass is 35.5. The third kappa shape index (κ3) is 2.40. The predicted molar refractivity (Wildman–Crippen MR) is 99.8 cm³/mol. The van der Waals surface area contributed by atoms with Crippen molar-refractivity contribution < 1.29 is 4.74 Å². The van der Waals surface area contributed by atoms with Crippen LogP contribution < -0.4 is 4.74 Å². The molecular weight excluding hydrogens is 320 g/mol. The monoisotopic (exact) mass is 338 g/mol. The minimum atomic E-state index is 0.762. The molecule has 0 unspecified atom stereocenters. The van der Waals surface area contributed by atoms with Gasteiger partial charge in [-0.2, -0.15) is 0 Å². The van der Waals surface area contributed by atoms with E-state index in [-0.39, 0.29) is 0 Å². The molecule has 0 fully saturated rings. The van der Waals surface area contributed by atoms with E-state index in [1.165, 1.54) is 27.7 Å². The number of hydrogen-bond donors (Lipinski definition) is 0. The van der Waals surface area contributed by atoms with Gasteiger partial charge in [0.25, 0.3) is 0 Å². The van der Waals surface area contributed by atoms with Crippen LogP contribution in [0.3, 0.4) is 0 Å². The molecule has 0 bridgehead atoms. The molecule has 0 N–H and O–H groups in total. The second-order valence-corrected chi connectivity index (χ2v) is 6.55. The van der Waals surface area contributed by atoms with Crippen molar-refractivity contribution >= 4 is 28.2 Å². The van der Waals surface area contributed by atoms with Gasteiger partial charge in [0.15, 0.2) is 0 Å². The quantitative estimate of drug-likeness (QED) is 0.679. The summed E-state index contributed by atoms with van der Waals surface area (Å²) in [5.74, 6) is 0.938. The lowest BCUT2D eigenvalue weighted by Crippen LogP contribution is -2.15. The summed E-state index contributed by atoms with van der Waals surface area (Å²) in [5, 5.41) is 1.98. The Hall–Kier alpha value is -2.26. The van der Waals surface area contributed by atoms with Crippen LogP contribution in [0.15, 0.2) is 47.5 Å². The zero-order chi connectivity index (χ0) is 16.7. The van der Waals surface area contributed by atoms with Crippen molar-refractivity contribution in [2.75, 3.05) is 13.7 Å². The van der Waals surface area contributed by atoms with E-state index in [0.717, 1.165) is 36.0 Å². The molecule has 4 heteroatoms. The Kier molecular flexibility index (Phi) is 3.81. The Morgan fingerprint density at radius 3 is 2.71 bits per heavy atom. The summed E-state index contributed by atoms with van der Waals surface area (Å²) in [6.45, 7) is 3.74. The lowest BCUT2D eigenvalue weighted by molar-refractivity contribution is 0.419. The molecule has 1 aliphatic heterocycles. The van der Waals surface area contributed by atoms with Crippen LogP contribution in [0.5, 0.6) is 5.75 Å². The van der Waals surface area contributed by atoms with E-state index in [1.54, 1.807) is 7.11 Å². The topological polar surface area (TPSA) is 26.5 Å². The van der Waals surface area contributed by atoms with Crippen molar-refractivity contribution in [3.8, 4) is 5.75 Å². The fourth-order valence-electron chi connectivity index (χ4n) is 3.62. The summed E-state index contributed by atoms with van der Waals surface area (Å²) < 4.78 is 7.99. The molecule has 24 heavy (non-hydrogen) atoms. The van der Waals surface area contributed by atoms with Gasteiger partial charge in [-0.15, -0.1) is 0 Å². The van der Waals surface area contributed by atoms with E-state index in [1.807, 2.05) is 18.2 Å². The van der Waals surface area contributed by atoms with Crippen molar-refractivity contribution in [3.63, 3.8) is 0 Å². The first-order valence-corrected chi connectivity index (χ1v) is 8.51. The molecule has 0 atom stereocenters. The number of aliphatic imine (C=N–C) groups is 1. The summed E-state index contributed by atoms with van der Waals surface area (Å²) in [7, 11) is 1.74. The number of methoxy groups -OCH3 is 1. The van der Waals surface area contributed by atoms with E-state index >= 15 is 0 Å². The second-order valence-electron chi connectivity index (χ2n) is 6.11. The molecule has 2 aromatic carbocycles. The largest absolute Gasteiger partial charge is 0.496 e. The van der Waals surface area contributed by atoms with Crippen molar-refractivity contribution in [2.45, 2.75) is 19.9 Å². The minimum Gasteiger partial charge on any atom is -0.496 e. The zero-order valence-corrected chi connectivity index (χ0v) is 14.6. The highest BCUT2D eigenvalue weighted by molar-refractivity contribution is 6.30. The lowest BCUT2D eigenvalue weighted by Gasteiger charge is -2.15. The summed E-state index contributed by atoms with van der Waals surface area (Å²) >= 11 is 6.02. The number of aromatic nitrogens is 1. The van der Waals surface area contributed by atoms with Gasteiger partial charge in [-0.3, -0.25) is 4.99 Å². The number of nitrogens with zero attached hydrogens (tertiary/aromatic N) is 2. The lowest BCUT2D eigenvalue weighted by atomic mass is 10.0. The van der Waals surface area contributed by atoms with Gasteiger partial charge in [0, 0.05) is 23.5 Å². The fourth-order valence-corrected chi connectivity index (χ4v) is 3.75. The predicted octanol–water partition coefficient (Wildman–Crippen LogP) is 4.72. The summed E-state index contributed by atoms with van der Waals surface area (Å²) in [6.07, 6.45) is 0.956. The standard InChI is InChI=1S/C20H19ClN2O/c1-13-20-16(10-11-22-13)19-17(4-3-5-18(19)24-2)23(20)12-14-6-8-15(21)9-7-14/h3-9H,10-12H2,1-2H3. The molecule has 3 nitrogen and oxygen atoms in total. The Labute approximate surface area is 146 Å². The van der Waals surface area contributed by atoms with Crippen molar-refractivity contribution in [1.29, 1.82) is 0 Å². The van der Waals surface area contributed by atoms with E-state index in [0.29, 0.717) is 0 Å². The number of ether oxygens (including phenoxy) is 1. The van der Waals surface area contributed by atoms with Crippen LogP contribution in [-0.2, 0) is 13.0 Å². The summed E-state index contributed by atoms with van der Waals surface area (Å²) in [4.78, 5) is 4.67. The number of fused-ring (bicyclic) bond motifs is 3. The Bertz CT molecular complexity index is 938. The van der Waals surface area contributed by atoms with Crippen LogP contribution in [0.2, 0.25) is 5.02 Å². The van der Waals surface area contributed by atoms with E-state index < -0.39 is 0 Å². The van der Waals surface area contributed by atoms with Gasteiger partial charge in [0.1, 0.15) is 5.75 Å². The fraction of sp³-hybridized carbons (Fsp3) is 0.250. The molecule has 3 aromatic rings. The first kappa shape index (κ1) is 15.3. The van der Waals surface area contributed by atoms with Gasteiger partial charge in [0.2, 0.25) is 0 Å².